The molecular formula is C24H30N4O4S. The number of benzene rings is 1. The van der Waals surface area contributed by atoms with Gasteiger partial charge in [0.1, 0.15) is 11.3 Å². The molecule has 1 amide bonds. The van der Waals surface area contributed by atoms with E-state index in [0.717, 1.165) is 62.0 Å². The van der Waals surface area contributed by atoms with Gasteiger partial charge in [-0.1, -0.05) is 6.07 Å². The lowest BCUT2D eigenvalue weighted by Gasteiger charge is -2.40. The number of nitrogens with one attached hydrogen (secondary N) is 1. The molecule has 2 fully saturated rings. The quantitative estimate of drug-likeness (QED) is 0.666. The summed E-state index contributed by atoms with van der Waals surface area (Å²) in [5, 5.41) is 4.04. The van der Waals surface area contributed by atoms with Crippen molar-refractivity contribution in [2.24, 2.45) is 5.41 Å². The van der Waals surface area contributed by atoms with Gasteiger partial charge in [0, 0.05) is 44.0 Å². The molecule has 2 saturated heterocycles. The van der Waals surface area contributed by atoms with E-state index in [-0.39, 0.29) is 11.3 Å². The molecular weight excluding hydrogens is 440 g/mol. The highest BCUT2D eigenvalue weighted by Crippen LogP contribution is 2.41. The number of nitrogens with zero attached hydrogens (tertiary/aromatic N) is 3. The van der Waals surface area contributed by atoms with Crippen molar-refractivity contribution < 1.29 is 19.0 Å². The van der Waals surface area contributed by atoms with E-state index in [1.807, 2.05) is 29.2 Å². The minimum atomic E-state index is -0.0449. The average molecular weight is 471 g/mol. The van der Waals surface area contributed by atoms with E-state index in [2.05, 4.69) is 15.2 Å². The molecule has 0 unspecified atom stereocenters. The van der Waals surface area contributed by atoms with Gasteiger partial charge in [-0.3, -0.25) is 4.79 Å². The summed E-state index contributed by atoms with van der Waals surface area (Å²) in [5.74, 6) is 1.47. The minimum Gasteiger partial charge on any atom is -0.497 e. The fraction of sp³-hybridized carbons (Fsp3) is 0.458. The summed E-state index contributed by atoms with van der Waals surface area (Å²) >= 11 is 5.65. The molecule has 0 atom stereocenters. The first-order chi connectivity index (χ1) is 16.0. The van der Waals surface area contributed by atoms with Crippen LogP contribution in [0.1, 0.15) is 29.6 Å². The summed E-state index contributed by atoms with van der Waals surface area (Å²) < 4.78 is 15.8. The molecule has 0 radical (unpaired) electrons. The predicted octanol–water partition coefficient (Wildman–Crippen LogP) is 3.43. The second kappa shape index (κ2) is 9.82. The third-order valence-electron chi connectivity index (χ3n) is 6.63. The van der Waals surface area contributed by atoms with Crippen LogP contribution in [0.2, 0.25) is 0 Å². The Labute approximate surface area is 199 Å². The van der Waals surface area contributed by atoms with Crippen molar-refractivity contribution >= 4 is 28.9 Å². The highest BCUT2D eigenvalue weighted by Gasteiger charge is 2.43. The van der Waals surface area contributed by atoms with Crippen LogP contribution in [0.15, 0.2) is 36.4 Å². The highest BCUT2D eigenvalue weighted by molar-refractivity contribution is 7.80. The maximum atomic E-state index is 13.2. The molecule has 3 heterocycles. The number of aromatic nitrogens is 1. The smallest absolute Gasteiger partial charge is 0.259 e. The molecule has 33 heavy (non-hydrogen) atoms. The Morgan fingerprint density at radius 3 is 2.39 bits per heavy atom. The topological polar surface area (TPSA) is 76.2 Å². The van der Waals surface area contributed by atoms with Gasteiger partial charge in [0.15, 0.2) is 5.11 Å². The number of carbonyl (C=O) groups excluding carboxylic acids is 1. The monoisotopic (exact) mass is 470 g/mol. The lowest BCUT2D eigenvalue weighted by Crippen LogP contribution is -2.46. The number of ether oxygens (including phenoxy) is 3. The van der Waals surface area contributed by atoms with Crippen molar-refractivity contribution in [2.45, 2.75) is 19.3 Å². The maximum absolute atomic E-state index is 13.2. The van der Waals surface area contributed by atoms with E-state index in [0.29, 0.717) is 17.3 Å². The van der Waals surface area contributed by atoms with Crippen LogP contribution < -0.4 is 19.5 Å². The Balaban J connectivity index is 1.35. The zero-order valence-electron chi connectivity index (χ0n) is 19.3. The van der Waals surface area contributed by atoms with Crippen molar-refractivity contribution in [3.63, 3.8) is 0 Å². The van der Waals surface area contributed by atoms with Crippen molar-refractivity contribution in [3.05, 3.63) is 42.0 Å². The van der Waals surface area contributed by atoms with Crippen molar-refractivity contribution in [1.82, 2.24) is 14.8 Å². The highest BCUT2D eigenvalue weighted by atomic mass is 32.1. The molecule has 1 N–H and O–H groups in total. The van der Waals surface area contributed by atoms with Crippen LogP contribution in [0.3, 0.4) is 0 Å². The van der Waals surface area contributed by atoms with E-state index in [4.69, 9.17) is 26.4 Å². The molecule has 176 valence electrons. The number of hydrogen-bond donors (Lipinski definition) is 1. The van der Waals surface area contributed by atoms with E-state index in [1.54, 1.807) is 19.2 Å². The molecule has 2 aromatic rings. The van der Waals surface area contributed by atoms with Crippen LogP contribution >= 0.6 is 12.2 Å². The lowest BCUT2D eigenvalue weighted by molar-refractivity contribution is 0.0745. The Morgan fingerprint density at radius 2 is 1.73 bits per heavy atom. The first kappa shape index (κ1) is 23.1. The largest absolute Gasteiger partial charge is 0.497 e. The van der Waals surface area contributed by atoms with Gasteiger partial charge in [0.2, 0.25) is 11.8 Å². The summed E-state index contributed by atoms with van der Waals surface area (Å²) in [6, 6.07) is 11.2. The second-order valence-electron chi connectivity index (χ2n) is 8.54. The Kier molecular flexibility index (Phi) is 6.88. The standard InChI is InChI=1S/C24H30N4O4S/c1-30-18-6-4-5-17(15-18)25-23(33)27-12-9-24(10-13-27)11-14-28(16-24)22(29)19-7-8-20(31-2)26-21(19)32-3/h4-8,15H,9-14,16H2,1-3H3,(H,25,33). The molecule has 9 heteroatoms. The molecule has 2 aliphatic rings. The molecule has 1 aromatic carbocycles. The first-order valence-corrected chi connectivity index (χ1v) is 11.5. The van der Waals surface area contributed by atoms with E-state index >= 15 is 0 Å². The van der Waals surface area contributed by atoms with Crippen molar-refractivity contribution in [2.75, 3.05) is 52.8 Å². The van der Waals surface area contributed by atoms with Gasteiger partial charge in [-0.2, -0.15) is 4.98 Å². The van der Waals surface area contributed by atoms with Gasteiger partial charge in [0.25, 0.3) is 5.91 Å². The summed E-state index contributed by atoms with van der Waals surface area (Å²) in [4.78, 5) is 21.6. The number of hydrogen-bond acceptors (Lipinski definition) is 6. The number of likely N-dealkylation sites (tertiary alicyclic amines) is 2. The third kappa shape index (κ3) is 4.98. The fourth-order valence-corrected chi connectivity index (χ4v) is 4.93. The molecule has 0 aliphatic carbocycles. The van der Waals surface area contributed by atoms with Gasteiger partial charge < -0.3 is 29.3 Å². The van der Waals surface area contributed by atoms with Crippen LogP contribution in [-0.2, 0) is 0 Å². The number of carbonyl (C=O) groups is 1. The molecule has 4 rings (SSSR count). The number of pyridine rings is 1. The van der Waals surface area contributed by atoms with Crippen LogP contribution in [0.25, 0.3) is 0 Å². The van der Waals surface area contributed by atoms with Crippen LogP contribution in [0, 0.1) is 5.41 Å². The van der Waals surface area contributed by atoms with Gasteiger partial charge in [-0.15, -0.1) is 0 Å². The Hall–Kier alpha value is -3.07. The lowest BCUT2D eigenvalue weighted by atomic mass is 9.78. The molecule has 2 aliphatic heterocycles. The fourth-order valence-electron chi connectivity index (χ4n) is 4.63. The third-order valence-corrected chi connectivity index (χ3v) is 6.99. The van der Waals surface area contributed by atoms with Crippen LogP contribution in [0.5, 0.6) is 17.5 Å². The number of amides is 1. The number of thiocarbonyl (C=S) groups is 1. The molecule has 0 saturated carbocycles. The minimum absolute atomic E-state index is 0.0449. The summed E-state index contributed by atoms with van der Waals surface area (Å²) in [5.41, 5.74) is 1.51. The van der Waals surface area contributed by atoms with Gasteiger partial charge in [0.05, 0.1) is 21.3 Å². The maximum Gasteiger partial charge on any atom is 0.259 e. The van der Waals surface area contributed by atoms with E-state index in [1.165, 1.54) is 14.2 Å². The van der Waals surface area contributed by atoms with E-state index < -0.39 is 0 Å². The first-order valence-electron chi connectivity index (χ1n) is 11.1. The van der Waals surface area contributed by atoms with Gasteiger partial charge in [-0.05, 0) is 55.1 Å². The number of rotatable bonds is 5. The zero-order chi connectivity index (χ0) is 23.4. The SMILES string of the molecule is COc1cccc(NC(=S)N2CCC3(CCN(C(=O)c4ccc(OC)nc4OC)C3)CC2)c1. The molecule has 8 nitrogen and oxygen atoms in total. The van der Waals surface area contributed by atoms with Crippen LogP contribution in [-0.4, -0.2) is 73.3 Å². The summed E-state index contributed by atoms with van der Waals surface area (Å²) in [6.45, 7) is 3.21. The Bertz CT molecular complexity index is 1020. The Morgan fingerprint density at radius 1 is 1.00 bits per heavy atom. The number of anilines is 1. The molecule has 1 aromatic heterocycles. The molecule has 1 spiro atoms. The molecule has 0 bridgehead atoms. The summed E-state index contributed by atoms with van der Waals surface area (Å²) in [7, 11) is 4.71. The normalized spacial score (nSPS) is 17.1. The van der Waals surface area contributed by atoms with Crippen molar-refractivity contribution in [1.29, 1.82) is 0 Å². The second-order valence-corrected chi connectivity index (χ2v) is 8.92. The predicted molar refractivity (Wildman–Crippen MR) is 130 cm³/mol. The van der Waals surface area contributed by atoms with Gasteiger partial charge in [-0.25, -0.2) is 0 Å². The van der Waals surface area contributed by atoms with E-state index in [9.17, 15) is 4.79 Å². The van der Waals surface area contributed by atoms with Gasteiger partial charge >= 0.3 is 0 Å². The van der Waals surface area contributed by atoms with Crippen LogP contribution in [0.4, 0.5) is 5.69 Å². The zero-order valence-corrected chi connectivity index (χ0v) is 20.1. The summed E-state index contributed by atoms with van der Waals surface area (Å²) in [6.07, 6.45) is 2.98. The average Bonchev–Trinajstić information content (AvgIpc) is 3.27. The number of methoxy groups -OCH3 is 3. The number of piperidine rings is 1. The van der Waals surface area contributed by atoms with Crippen molar-refractivity contribution in [3.8, 4) is 17.5 Å².